The molecule has 120 valence electrons. The van der Waals surface area contributed by atoms with E-state index in [0.29, 0.717) is 12.2 Å². The van der Waals surface area contributed by atoms with E-state index < -0.39 is 0 Å². The monoisotopic (exact) mass is 318 g/mol. The van der Waals surface area contributed by atoms with Crippen molar-refractivity contribution in [2.24, 2.45) is 0 Å². The van der Waals surface area contributed by atoms with Crippen molar-refractivity contribution in [1.82, 2.24) is 9.97 Å². The number of hydrogen-bond acceptors (Lipinski definition) is 4. The van der Waals surface area contributed by atoms with E-state index in [1.165, 1.54) is 6.33 Å². The zero-order valence-electron chi connectivity index (χ0n) is 13.4. The van der Waals surface area contributed by atoms with Crippen LogP contribution in [0.4, 0.5) is 17.2 Å². The van der Waals surface area contributed by atoms with Gasteiger partial charge in [0.2, 0.25) is 5.91 Å². The van der Waals surface area contributed by atoms with Crippen LogP contribution in [0, 0.1) is 0 Å². The maximum absolute atomic E-state index is 11.5. The molecule has 2 aromatic carbocycles. The van der Waals surface area contributed by atoms with Crippen molar-refractivity contribution >= 4 is 23.1 Å². The molecule has 5 heteroatoms. The first-order valence-electron chi connectivity index (χ1n) is 7.79. The molecule has 0 spiro atoms. The molecule has 0 saturated heterocycles. The highest BCUT2D eigenvalue weighted by molar-refractivity contribution is 5.91. The number of hydrogen-bond donors (Lipinski definition) is 2. The average Bonchev–Trinajstić information content (AvgIpc) is 2.63. The van der Waals surface area contributed by atoms with Gasteiger partial charge in [-0.2, -0.15) is 0 Å². The Morgan fingerprint density at radius 3 is 2.54 bits per heavy atom. The lowest BCUT2D eigenvalue weighted by molar-refractivity contribution is -0.115. The lowest BCUT2D eigenvalue weighted by Gasteiger charge is -2.09. The van der Waals surface area contributed by atoms with Crippen molar-refractivity contribution in [3.05, 3.63) is 67.0 Å². The Morgan fingerprint density at radius 1 is 0.958 bits per heavy atom. The minimum Gasteiger partial charge on any atom is -0.340 e. The molecule has 24 heavy (non-hydrogen) atoms. The molecule has 0 aliphatic carbocycles. The van der Waals surface area contributed by atoms with E-state index in [2.05, 4.69) is 20.6 Å². The van der Waals surface area contributed by atoms with Gasteiger partial charge in [-0.15, -0.1) is 0 Å². The third kappa shape index (κ3) is 3.95. The highest BCUT2D eigenvalue weighted by atomic mass is 16.1. The van der Waals surface area contributed by atoms with Gasteiger partial charge in [0.05, 0.1) is 5.69 Å². The quantitative estimate of drug-likeness (QED) is 0.738. The lowest BCUT2D eigenvalue weighted by Crippen LogP contribution is -2.09. The number of carbonyl (C=O) groups is 1. The second-order valence-corrected chi connectivity index (χ2v) is 5.26. The van der Waals surface area contributed by atoms with Crippen LogP contribution in [0.1, 0.15) is 13.3 Å². The van der Waals surface area contributed by atoms with Crippen molar-refractivity contribution < 1.29 is 4.79 Å². The molecule has 5 nitrogen and oxygen atoms in total. The Bertz CT molecular complexity index is 834. The highest BCUT2D eigenvalue weighted by Crippen LogP contribution is 2.22. The topological polar surface area (TPSA) is 66.9 Å². The summed E-state index contributed by atoms with van der Waals surface area (Å²) in [6.07, 6.45) is 1.98. The van der Waals surface area contributed by atoms with Gasteiger partial charge >= 0.3 is 0 Å². The SMILES string of the molecule is CCC(=O)Nc1cccc(Nc2cc(-c3ccccc3)ncn2)c1. The summed E-state index contributed by atoms with van der Waals surface area (Å²) in [5.41, 5.74) is 3.49. The molecule has 1 heterocycles. The predicted molar refractivity (Wildman–Crippen MR) is 96.1 cm³/mol. The molecule has 0 fully saturated rings. The Morgan fingerprint density at radius 2 is 1.75 bits per heavy atom. The smallest absolute Gasteiger partial charge is 0.224 e. The highest BCUT2D eigenvalue weighted by Gasteiger charge is 2.04. The van der Waals surface area contributed by atoms with Crippen molar-refractivity contribution in [2.75, 3.05) is 10.6 Å². The zero-order chi connectivity index (χ0) is 16.8. The third-order valence-corrected chi connectivity index (χ3v) is 3.48. The van der Waals surface area contributed by atoms with Crippen molar-refractivity contribution in [2.45, 2.75) is 13.3 Å². The molecule has 0 radical (unpaired) electrons. The number of anilines is 3. The maximum atomic E-state index is 11.5. The molecule has 2 N–H and O–H groups in total. The van der Waals surface area contributed by atoms with E-state index in [0.717, 1.165) is 22.6 Å². The molecule has 3 rings (SSSR count). The fourth-order valence-corrected chi connectivity index (χ4v) is 2.26. The number of aromatic nitrogens is 2. The van der Waals surface area contributed by atoms with Crippen LogP contribution >= 0.6 is 0 Å². The van der Waals surface area contributed by atoms with E-state index in [4.69, 9.17) is 0 Å². The average molecular weight is 318 g/mol. The van der Waals surface area contributed by atoms with Gasteiger partial charge in [0.15, 0.2) is 0 Å². The van der Waals surface area contributed by atoms with Crippen molar-refractivity contribution in [1.29, 1.82) is 0 Å². The van der Waals surface area contributed by atoms with Crippen LogP contribution in [0.3, 0.4) is 0 Å². The van der Waals surface area contributed by atoms with Crippen LogP contribution in [-0.4, -0.2) is 15.9 Å². The zero-order valence-corrected chi connectivity index (χ0v) is 13.4. The molecule has 0 aliphatic rings. The molecule has 1 aromatic heterocycles. The van der Waals surface area contributed by atoms with Crippen LogP contribution in [0.5, 0.6) is 0 Å². The normalized spacial score (nSPS) is 10.2. The second-order valence-electron chi connectivity index (χ2n) is 5.26. The molecule has 0 saturated carbocycles. The number of amides is 1. The van der Waals surface area contributed by atoms with Crippen LogP contribution in [0.25, 0.3) is 11.3 Å². The van der Waals surface area contributed by atoms with E-state index in [1.54, 1.807) is 0 Å². The minimum atomic E-state index is -0.0134. The van der Waals surface area contributed by atoms with Gasteiger partial charge in [-0.25, -0.2) is 9.97 Å². The fourth-order valence-electron chi connectivity index (χ4n) is 2.26. The van der Waals surface area contributed by atoms with Crippen molar-refractivity contribution in [3.8, 4) is 11.3 Å². The van der Waals surface area contributed by atoms with Crippen LogP contribution in [-0.2, 0) is 4.79 Å². The maximum Gasteiger partial charge on any atom is 0.224 e. The van der Waals surface area contributed by atoms with Crippen LogP contribution < -0.4 is 10.6 Å². The number of rotatable bonds is 5. The first-order chi connectivity index (χ1) is 11.7. The summed E-state index contributed by atoms with van der Waals surface area (Å²) < 4.78 is 0. The number of benzene rings is 2. The number of carbonyl (C=O) groups excluding carboxylic acids is 1. The molecular weight excluding hydrogens is 300 g/mol. The van der Waals surface area contributed by atoms with Gasteiger partial charge in [0.1, 0.15) is 12.1 Å². The van der Waals surface area contributed by atoms with Gasteiger partial charge in [-0.05, 0) is 18.2 Å². The Hall–Kier alpha value is -3.21. The summed E-state index contributed by atoms with van der Waals surface area (Å²) in [6.45, 7) is 1.82. The summed E-state index contributed by atoms with van der Waals surface area (Å²) in [4.78, 5) is 20.1. The summed E-state index contributed by atoms with van der Waals surface area (Å²) >= 11 is 0. The summed E-state index contributed by atoms with van der Waals surface area (Å²) in [5, 5.41) is 6.09. The molecule has 3 aromatic rings. The van der Waals surface area contributed by atoms with Crippen LogP contribution in [0.15, 0.2) is 67.0 Å². The molecule has 1 amide bonds. The molecule has 0 bridgehead atoms. The first-order valence-corrected chi connectivity index (χ1v) is 7.79. The van der Waals surface area contributed by atoms with E-state index in [9.17, 15) is 4.79 Å². The largest absolute Gasteiger partial charge is 0.340 e. The van der Waals surface area contributed by atoms with Gasteiger partial charge < -0.3 is 10.6 Å². The fraction of sp³-hybridized carbons (Fsp3) is 0.105. The molecule has 0 aliphatic heterocycles. The molecule has 0 unspecified atom stereocenters. The lowest BCUT2D eigenvalue weighted by atomic mass is 10.1. The second kappa shape index (κ2) is 7.37. The number of nitrogens with one attached hydrogen (secondary N) is 2. The summed E-state index contributed by atoms with van der Waals surface area (Å²) in [5.74, 6) is 0.684. The van der Waals surface area contributed by atoms with E-state index in [1.807, 2.05) is 67.6 Å². The Kier molecular flexibility index (Phi) is 4.81. The Balaban J connectivity index is 1.79. The van der Waals surface area contributed by atoms with Crippen LogP contribution in [0.2, 0.25) is 0 Å². The third-order valence-electron chi connectivity index (χ3n) is 3.48. The molecule has 0 atom stereocenters. The molecular formula is C19H18N4O. The van der Waals surface area contributed by atoms with E-state index >= 15 is 0 Å². The Labute approximate surface area is 140 Å². The minimum absolute atomic E-state index is 0.0134. The predicted octanol–water partition coefficient (Wildman–Crippen LogP) is 4.24. The first kappa shape index (κ1) is 15.7. The summed E-state index contributed by atoms with van der Waals surface area (Å²) in [6, 6.07) is 19.4. The van der Waals surface area contributed by atoms with E-state index in [-0.39, 0.29) is 5.91 Å². The van der Waals surface area contributed by atoms with Gasteiger partial charge in [0.25, 0.3) is 0 Å². The van der Waals surface area contributed by atoms with Gasteiger partial charge in [-0.1, -0.05) is 43.3 Å². The summed E-state index contributed by atoms with van der Waals surface area (Å²) in [7, 11) is 0. The number of nitrogens with zero attached hydrogens (tertiary/aromatic N) is 2. The van der Waals surface area contributed by atoms with Gasteiger partial charge in [-0.3, -0.25) is 4.79 Å². The van der Waals surface area contributed by atoms with Crippen molar-refractivity contribution in [3.63, 3.8) is 0 Å². The standard InChI is InChI=1S/C19H18N4O/c1-2-19(24)23-16-10-6-9-15(11-16)22-18-12-17(20-13-21-18)14-7-4-3-5-8-14/h3-13H,2H2,1H3,(H,23,24)(H,20,21,22). The van der Waals surface area contributed by atoms with Gasteiger partial charge in [0, 0.05) is 29.4 Å².